The minimum atomic E-state index is -2.29. The van der Waals surface area contributed by atoms with Crippen molar-refractivity contribution in [2.75, 3.05) is 31.1 Å². The molecule has 5 aliphatic heterocycles. The summed E-state index contributed by atoms with van der Waals surface area (Å²) < 4.78 is 54.3. The van der Waals surface area contributed by atoms with Crippen LogP contribution in [-0.4, -0.2) is 101 Å². The lowest BCUT2D eigenvalue weighted by Crippen LogP contribution is -2.65. The molecule has 2 aliphatic carbocycles. The van der Waals surface area contributed by atoms with E-state index in [0.29, 0.717) is 62.8 Å². The Morgan fingerprint density at radius 1 is 0.924 bits per heavy atom. The Morgan fingerprint density at radius 3 is 2.24 bits per heavy atom. The minimum Gasteiger partial charge on any atom is -0.472 e. The van der Waals surface area contributed by atoms with Crippen LogP contribution in [0.5, 0.6) is 11.9 Å². The lowest BCUT2D eigenvalue weighted by molar-refractivity contribution is 0.000934. The second-order valence-electron chi connectivity index (χ2n) is 23.5. The van der Waals surface area contributed by atoms with Gasteiger partial charge in [0, 0.05) is 30.6 Å². The van der Waals surface area contributed by atoms with Crippen LogP contribution in [0.3, 0.4) is 0 Å². The first-order valence-corrected chi connectivity index (χ1v) is 27.0. The Kier molecular flexibility index (Phi) is 9.98. The molecule has 2 bridgehead atoms. The fourth-order valence-electron chi connectivity index (χ4n) is 13.9. The standard InChI is InChI=1S/C53H66F2N6O4Si/c1-30(2)66(31(3)4,32(5)6)23-18-36-38(54)16-14-34-12-11-13-37(40(34)36)43-42(55)44-41-46(58-48(57-44)63-29-53-25-51(19-20-51)27-59(53)28-52(26-53)21-22-52)60-24-35-15-17-39(45(60)33(7)64-47(41)56-43)61(35)49(62)65-50(8,9)10/h11-14,16,30-33,35,39,45H,15,17,19-22,24-29H2,1-10H3/t33-,35+,39-,45+/m0/s1. The van der Waals surface area contributed by atoms with Gasteiger partial charge in [0.05, 0.1) is 29.2 Å². The molecule has 7 heterocycles. The van der Waals surface area contributed by atoms with E-state index in [0.717, 1.165) is 44.2 Å². The average Bonchev–Trinajstić information content (AvgIpc) is 4.11. The third-order valence-electron chi connectivity index (χ3n) is 17.1. The van der Waals surface area contributed by atoms with Crippen molar-refractivity contribution in [1.29, 1.82) is 0 Å². The molecule has 66 heavy (non-hydrogen) atoms. The van der Waals surface area contributed by atoms with E-state index in [1.54, 1.807) is 12.1 Å². The molecule has 10 nitrogen and oxygen atoms in total. The Hall–Kier alpha value is -4.54. The fourth-order valence-corrected chi connectivity index (χ4v) is 19.2. The SMILES string of the molecule is CC(C)[Si](C#Cc1c(F)ccc2cccc(-c3nc4c5c(nc(OCC67CC8(CC8)CN6CC6(CC6)C7)nc5c3F)N3C[C@H]5CC[C@@H]([C@H]3[C@H](C)O4)N5C(=O)OC(C)(C)C)c12)(C(C)C)C(C)C. The van der Waals surface area contributed by atoms with E-state index < -0.39 is 31.4 Å². The number of carbonyl (C=O) groups excluding carboxylic acids is 1. The molecule has 0 radical (unpaired) electrons. The highest BCUT2D eigenvalue weighted by atomic mass is 28.3. The number of rotatable bonds is 7. The lowest BCUT2D eigenvalue weighted by Gasteiger charge is -2.48. The highest BCUT2D eigenvalue weighted by Gasteiger charge is 2.67. The van der Waals surface area contributed by atoms with Crippen molar-refractivity contribution in [3.63, 3.8) is 0 Å². The molecule has 4 atom stereocenters. The molecular weight excluding hydrogens is 851 g/mol. The molecule has 1 amide bonds. The Morgan fingerprint density at radius 2 is 1.61 bits per heavy atom. The molecule has 0 N–H and O–H groups in total. The molecule has 0 unspecified atom stereocenters. The number of pyridine rings is 1. The number of ether oxygens (including phenoxy) is 3. The van der Waals surface area contributed by atoms with Crippen LogP contribution in [0.25, 0.3) is 32.9 Å². The van der Waals surface area contributed by atoms with E-state index >= 15 is 8.78 Å². The second-order valence-corrected chi connectivity index (χ2v) is 29.1. The van der Waals surface area contributed by atoms with Crippen LogP contribution in [0.1, 0.15) is 126 Å². The highest BCUT2D eigenvalue weighted by Crippen LogP contribution is 2.68. The summed E-state index contributed by atoms with van der Waals surface area (Å²) in [6, 6.07) is 8.11. The summed E-state index contributed by atoms with van der Waals surface area (Å²) in [5.41, 5.74) is 5.43. The van der Waals surface area contributed by atoms with E-state index in [1.165, 1.54) is 31.7 Å². The predicted molar refractivity (Wildman–Crippen MR) is 257 cm³/mol. The molecule has 4 saturated heterocycles. The van der Waals surface area contributed by atoms with Crippen molar-refractivity contribution < 1.29 is 27.8 Å². The number of hydrogen-bond donors (Lipinski definition) is 0. The molecule has 350 valence electrons. The minimum absolute atomic E-state index is 0.000818. The molecule has 2 spiro atoms. The number of hydrogen-bond acceptors (Lipinski definition) is 9. The van der Waals surface area contributed by atoms with Gasteiger partial charge in [-0.15, -0.1) is 5.54 Å². The number of benzene rings is 2. The van der Waals surface area contributed by atoms with Gasteiger partial charge >= 0.3 is 12.1 Å². The van der Waals surface area contributed by atoms with Gasteiger partial charge in [0.15, 0.2) is 5.82 Å². The number of piperazine rings is 1. The summed E-state index contributed by atoms with van der Waals surface area (Å²) in [5, 5.41) is 1.60. The van der Waals surface area contributed by atoms with Gasteiger partial charge in [0.25, 0.3) is 0 Å². The van der Waals surface area contributed by atoms with E-state index in [-0.39, 0.29) is 58.4 Å². The first-order chi connectivity index (χ1) is 31.3. The van der Waals surface area contributed by atoms with Crippen molar-refractivity contribution in [3.05, 3.63) is 47.5 Å². The Balaban J connectivity index is 1.07. The molecule has 2 aromatic carbocycles. The van der Waals surface area contributed by atoms with Crippen LogP contribution in [0, 0.1) is 33.9 Å². The maximum absolute atomic E-state index is 18.1. The number of fused-ring (bicyclic) bond motifs is 7. The molecule has 13 heteroatoms. The van der Waals surface area contributed by atoms with Gasteiger partial charge < -0.3 is 19.1 Å². The summed E-state index contributed by atoms with van der Waals surface area (Å²) in [7, 11) is -2.29. The Bertz CT molecular complexity index is 2690. The van der Waals surface area contributed by atoms with Crippen molar-refractivity contribution in [3.8, 4) is 34.6 Å². The van der Waals surface area contributed by atoms with Crippen molar-refractivity contribution >= 4 is 41.7 Å². The number of anilines is 1. The zero-order valence-corrected chi connectivity index (χ0v) is 41.5. The van der Waals surface area contributed by atoms with Crippen LogP contribution >= 0.6 is 0 Å². The van der Waals surface area contributed by atoms with Crippen LogP contribution in [0.2, 0.25) is 16.6 Å². The molecule has 7 aliphatic rings. The first-order valence-electron chi connectivity index (χ1n) is 24.8. The summed E-state index contributed by atoms with van der Waals surface area (Å²) >= 11 is 0. The van der Waals surface area contributed by atoms with Crippen molar-refractivity contribution in [1.82, 2.24) is 24.8 Å². The van der Waals surface area contributed by atoms with Crippen LogP contribution in [0.4, 0.5) is 19.4 Å². The molecule has 2 aromatic heterocycles. The Labute approximate surface area is 389 Å². The van der Waals surface area contributed by atoms with Gasteiger partial charge in [-0.05, 0) is 118 Å². The quantitative estimate of drug-likeness (QED) is 0.133. The monoisotopic (exact) mass is 916 g/mol. The number of amides is 1. The van der Waals surface area contributed by atoms with Gasteiger partial charge in [0.1, 0.15) is 54.6 Å². The molecule has 4 aromatic rings. The third kappa shape index (κ3) is 6.83. The summed E-state index contributed by atoms with van der Waals surface area (Å²) in [5.74, 6) is 2.97. The normalized spacial score (nSPS) is 25.4. The van der Waals surface area contributed by atoms with Gasteiger partial charge in [0.2, 0.25) is 5.88 Å². The maximum Gasteiger partial charge on any atom is 0.410 e. The lowest BCUT2D eigenvalue weighted by atomic mass is 9.85. The van der Waals surface area contributed by atoms with Crippen LogP contribution in [0.15, 0.2) is 30.3 Å². The summed E-state index contributed by atoms with van der Waals surface area (Å²) in [6.45, 7) is 24.2. The van der Waals surface area contributed by atoms with E-state index in [4.69, 9.17) is 29.2 Å². The number of nitrogens with zero attached hydrogens (tertiary/aromatic N) is 6. The zero-order valence-electron chi connectivity index (χ0n) is 40.5. The van der Waals surface area contributed by atoms with E-state index in [9.17, 15) is 4.79 Å². The largest absolute Gasteiger partial charge is 0.472 e. The zero-order chi connectivity index (χ0) is 46.5. The average molecular weight is 917 g/mol. The summed E-state index contributed by atoms with van der Waals surface area (Å²) in [4.78, 5) is 35.9. The van der Waals surface area contributed by atoms with Crippen molar-refractivity contribution in [2.45, 2.75) is 173 Å². The number of aromatic nitrogens is 3. The van der Waals surface area contributed by atoms with Crippen LogP contribution < -0.4 is 14.4 Å². The van der Waals surface area contributed by atoms with E-state index in [2.05, 4.69) is 62.8 Å². The van der Waals surface area contributed by atoms with Gasteiger partial charge in [-0.2, -0.15) is 9.97 Å². The van der Waals surface area contributed by atoms with Gasteiger partial charge in [-0.25, -0.2) is 18.6 Å². The highest BCUT2D eigenvalue weighted by molar-refractivity contribution is 6.90. The fraction of sp³-hybridized carbons (Fsp3) is 0.623. The molecule has 6 fully saturated rings. The van der Waals surface area contributed by atoms with Crippen molar-refractivity contribution in [2.24, 2.45) is 10.8 Å². The predicted octanol–water partition coefficient (Wildman–Crippen LogP) is 11.2. The maximum atomic E-state index is 18.1. The first kappa shape index (κ1) is 44.0. The van der Waals surface area contributed by atoms with E-state index in [1.807, 2.05) is 44.7 Å². The molecule has 11 rings (SSSR count). The molecule has 2 saturated carbocycles. The number of halogens is 2. The van der Waals surface area contributed by atoms with Gasteiger partial charge in [-0.3, -0.25) is 9.80 Å². The third-order valence-corrected chi connectivity index (χ3v) is 23.4. The topological polar surface area (TPSA) is 93.2 Å². The summed E-state index contributed by atoms with van der Waals surface area (Å²) in [6.07, 6.45) is 7.95. The molecular formula is C53H66F2N6O4Si. The second kappa shape index (κ2) is 15.0. The number of carbonyl (C=O) groups is 1. The smallest absolute Gasteiger partial charge is 0.410 e. The van der Waals surface area contributed by atoms with Gasteiger partial charge in [-0.1, -0.05) is 71.7 Å². The van der Waals surface area contributed by atoms with Crippen LogP contribution in [-0.2, 0) is 4.74 Å².